The van der Waals surface area contributed by atoms with E-state index in [0.29, 0.717) is 30.4 Å². The number of aromatic carboxylic acids is 1. The van der Waals surface area contributed by atoms with E-state index < -0.39 is 5.97 Å². The molecule has 6 nitrogen and oxygen atoms in total. The molecule has 0 heterocycles. The predicted molar refractivity (Wildman–Crippen MR) is 118 cm³/mol. The Bertz CT molecular complexity index is 986. The molecule has 0 saturated heterocycles. The first-order valence-electron chi connectivity index (χ1n) is 9.71. The highest BCUT2D eigenvalue weighted by atomic mass is 16.5. The summed E-state index contributed by atoms with van der Waals surface area (Å²) >= 11 is 0. The maximum atomic E-state index is 10.9. The van der Waals surface area contributed by atoms with Gasteiger partial charge in [-0.1, -0.05) is 30.3 Å². The van der Waals surface area contributed by atoms with E-state index in [0.717, 1.165) is 12.0 Å². The van der Waals surface area contributed by atoms with Gasteiger partial charge in [0.2, 0.25) is 0 Å². The molecule has 0 aromatic heterocycles. The number of carboxylic acid groups (broad SMARTS) is 1. The van der Waals surface area contributed by atoms with Gasteiger partial charge in [-0.3, -0.25) is 5.43 Å². The van der Waals surface area contributed by atoms with Gasteiger partial charge in [0.25, 0.3) is 0 Å². The Morgan fingerprint density at radius 3 is 2.47 bits per heavy atom. The normalized spacial score (nSPS) is 10.7. The van der Waals surface area contributed by atoms with Gasteiger partial charge < -0.3 is 14.6 Å². The summed E-state index contributed by atoms with van der Waals surface area (Å²) < 4.78 is 11.6. The Morgan fingerprint density at radius 2 is 1.77 bits per heavy atom. The van der Waals surface area contributed by atoms with Crippen LogP contribution in [0.15, 0.2) is 77.9 Å². The molecule has 3 rings (SSSR count). The van der Waals surface area contributed by atoms with E-state index in [1.165, 1.54) is 17.7 Å². The summed E-state index contributed by atoms with van der Waals surface area (Å²) in [5.74, 6) is 0.405. The monoisotopic (exact) mass is 404 g/mol. The lowest BCUT2D eigenvalue weighted by atomic mass is 10.2. The molecule has 0 unspecified atom stereocenters. The predicted octanol–water partition coefficient (Wildman–Crippen LogP) is 4.85. The second kappa shape index (κ2) is 10.7. The van der Waals surface area contributed by atoms with Gasteiger partial charge in [0.15, 0.2) is 11.5 Å². The number of hydrogen-bond donors (Lipinski definition) is 2. The van der Waals surface area contributed by atoms with Crippen LogP contribution in [0.1, 0.15) is 28.4 Å². The summed E-state index contributed by atoms with van der Waals surface area (Å²) in [6, 6.07) is 22.2. The summed E-state index contributed by atoms with van der Waals surface area (Å²) in [6.07, 6.45) is 2.49. The number of nitrogens with zero attached hydrogens (tertiary/aromatic N) is 1. The van der Waals surface area contributed by atoms with Gasteiger partial charge in [-0.05, 0) is 60.5 Å². The molecule has 0 aliphatic rings. The van der Waals surface area contributed by atoms with Crippen LogP contribution in [0.2, 0.25) is 0 Å². The zero-order chi connectivity index (χ0) is 21.2. The van der Waals surface area contributed by atoms with Gasteiger partial charge in [-0.25, -0.2) is 4.79 Å². The van der Waals surface area contributed by atoms with E-state index in [1.54, 1.807) is 18.3 Å². The molecule has 0 amide bonds. The molecular weight excluding hydrogens is 380 g/mol. The summed E-state index contributed by atoms with van der Waals surface area (Å²) in [7, 11) is 0. The number of hydrazone groups is 1. The lowest BCUT2D eigenvalue weighted by Crippen LogP contribution is -2.04. The Hall–Kier alpha value is -3.80. The second-order valence-corrected chi connectivity index (χ2v) is 6.48. The SMILES string of the molecule is CCOc1cc(/C=N/Nc2ccc(C(=O)O)cc2)ccc1OCCc1ccccc1. The van der Waals surface area contributed by atoms with Crippen molar-refractivity contribution in [1.29, 1.82) is 0 Å². The first-order valence-corrected chi connectivity index (χ1v) is 9.71. The maximum absolute atomic E-state index is 10.9. The zero-order valence-corrected chi connectivity index (χ0v) is 16.7. The molecule has 3 aromatic rings. The number of rotatable bonds is 10. The molecular formula is C24H24N2O4. The second-order valence-electron chi connectivity index (χ2n) is 6.48. The first-order chi connectivity index (χ1) is 14.7. The van der Waals surface area contributed by atoms with Crippen LogP contribution in [-0.4, -0.2) is 30.5 Å². The zero-order valence-electron chi connectivity index (χ0n) is 16.7. The lowest BCUT2D eigenvalue weighted by Gasteiger charge is -2.12. The van der Waals surface area contributed by atoms with Crippen molar-refractivity contribution in [2.75, 3.05) is 18.6 Å². The highest BCUT2D eigenvalue weighted by Crippen LogP contribution is 2.28. The van der Waals surface area contributed by atoms with Crippen LogP contribution < -0.4 is 14.9 Å². The molecule has 2 N–H and O–H groups in total. The first kappa shape index (κ1) is 20.9. The quantitative estimate of drug-likeness (QED) is 0.373. The van der Waals surface area contributed by atoms with E-state index in [4.69, 9.17) is 14.6 Å². The Morgan fingerprint density at radius 1 is 1.00 bits per heavy atom. The molecule has 30 heavy (non-hydrogen) atoms. The Balaban J connectivity index is 1.60. The molecule has 0 atom stereocenters. The summed E-state index contributed by atoms with van der Waals surface area (Å²) in [5, 5.41) is 13.1. The van der Waals surface area contributed by atoms with Gasteiger partial charge in [0.05, 0.1) is 30.7 Å². The minimum absolute atomic E-state index is 0.230. The van der Waals surface area contributed by atoms with E-state index in [9.17, 15) is 4.79 Å². The van der Waals surface area contributed by atoms with Crippen LogP contribution in [0.25, 0.3) is 0 Å². The molecule has 0 bridgehead atoms. The number of hydrogen-bond acceptors (Lipinski definition) is 5. The van der Waals surface area contributed by atoms with Crippen LogP contribution in [0, 0.1) is 0 Å². The van der Waals surface area contributed by atoms with Crippen molar-refractivity contribution >= 4 is 17.9 Å². The highest BCUT2D eigenvalue weighted by molar-refractivity contribution is 5.88. The summed E-state index contributed by atoms with van der Waals surface area (Å²) in [5.41, 5.74) is 5.88. The van der Waals surface area contributed by atoms with E-state index in [-0.39, 0.29) is 5.56 Å². The van der Waals surface area contributed by atoms with Crippen LogP contribution in [-0.2, 0) is 6.42 Å². The number of carboxylic acids is 1. The van der Waals surface area contributed by atoms with Gasteiger partial charge in [-0.15, -0.1) is 0 Å². The van der Waals surface area contributed by atoms with Gasteiger partial charge in [0.1, 0.15) is 0 Å². The van der Waals surface area contributed by atoms with E-state index in [2.05, 4.69) is 22.7 Å². The van der Waals surface area contributed by atoms with Crippen LogP contribution in [0.3, 0.4) is 0 Å². The Kier molecular flexibility index (Phi) is 7.44. The molecule has 0 aliphatic carbocycles. The highest BCUT2D eigenvalue weighted by Gasteiger charge is 2.06. The number of nitrogens with one attached hydrogen (secondary N) is 1. The lowest BCUT2D eigenvalue weighted by molar-refractivity contribution is 0.0697. The molecule has 0 fully saturated rings. The number of carbonyl (C=O) groups is 1. The fraction of sp³-hybridized carbons (Fsp3) is 0.167. The average molecular weight is 404 g/mol. The molecule has 0 saturated carbocycles. The van der Waals surface area contributed by atoms with Gasteiger partial charge in [-0.2, -0.15) is 5.10 Å². The number of benzene rings is 3. The third kappa shape index (κ3) is 6.10. The average Bonchev–Trinajstić information content (AvgIpc) is 2.76. The molecule has 154 valence electrons. The standard InChI is InChI=1S/C24H24N2O4/c1-2-29-23-16-19(17-25-26-21-11-9-20(10-12-21)24(27)28)8-13-22(23)30-15-14-18-6-4-3-5-7-18/h3-13,16-17,26H,2,14-15H2,1H3,(H,27,28)/b25-17+. The molecule has 0 spiro atoms. The van der Waals surface area contributed by atoms with Crippen LogP contribution in [0.5, 0.6) is 11.5 Å². The summed E-state index contributed by atoms with van der Waals surface area (Å²) in [6.45, 7) is 3.02. The van der Waals surface area contributed by atoms with Crippen LogP contribution >= 0.6 is 0 Å². The topological polar surface area (TPSA) is 80.2 Å². The third-order valence-electron chi connectivity index (χ3n) is 4.30. The molecule has 0 aliphatic heterocycles. The largest absolute Gasteiger partial charge is 0.490 e. The smallest absolute Gasteiger partial charge is 0.335 e. The van der Waals surface area contributed by atoms with E-state index >= 15 is 0 Å². The van der Waals surface area contributed by atoms with Crippen molar-refractivity contribution in [2.45, 2.75) is 13.3 Å². The van der Waals surface area contributed by atoms with Crippen LogP contribution in [0.4, 0.5) is 5.69 Å². The number of anilines is 1. The van der Waals surface area contributed by atoms with Crippen molar-refractivity contribution in [2.24, 2.45) is 5.10 Å². The fourth-order valence-electron chi connectivity index (χ4n) is 2.78. The fourth-order valence-corrected chi connectivity index (χ4v) is 2.78. The molecule has 3 aromatic carbocycles. The van der Waals surface area contributed by atoms with Crippen molar-refractivity contribution in [1.82, 2.24) is 0 Å². The molecule has 6 heteroatoms. The van der Waals surface area contributed by atoms with E-state index in [1.807, 2.05) is 43.3 Å². The maximum Gasteiger partial charge on any atom is 0.335 e. The van der Waals surface area contributed by atoms with Crippen molar-refractivity contribution in [3.63, 3.8) is 0 Å². The van der Waals surface area contributed by atoms with Crippen molar-refractivity contribution < 1.29 is 19.4 Å². The van der Waals surface area contributed by atoms with Crippen molar-refractivity contribution in [3.8, 4) is 11.5 Å². The minimum Gasteiger partial charge on any atom is -0.490 e. The Labute approximate surface area is 175 Å². The summed E-state index contributed by atoms with van der Waals surface area (Å²) in [4.78, 5) is 10.9. The van der Waals surface area contributed by atoms with Crippen molar-refractivity contribution in [3.05, 3.63) is 89.5 Å². The molecule has 0 radical (unpaired) electrons. The number of ether oxygens (including phenoxy) is 2. The minimum atomic E-state index is -0.959. The van der Waals surface area contributed by atoms with Gasteiger partial charge >= 0.3 is 5.97 Å². The van der Waals surface area contributed by atoms with Gasteiger partial charge in [0, 0.05) is 6.42 Å². The third-order valence-corrected chi connectivity index (χ3v) is 4.30.